The van der Waals surface area contributed by atoms with Crippen LogP contribution in [0.25, 0.3) is 0 Å². The van der Waals surface area contributed by atoms with Crippen molar-refractivity contribution in [3.8, 4) is 0 Å². The summed E-state index contributed by atoms with van der Waals surface area (Å²) in [4.78, 5) is 33.2. The Hall–Kier alpha value is -2.68. The standard InChI is InChI=1S/C11H8N2O6S/c1-18-11(15)9-6(4-5-20-9)12-10(14)7-2-3-8(19-7)13(16)17/h2-5H,1H3,(H,12,14). The SMILES string of the molecule is COC(=O)c1sccc1NC(=O)c1ccc([N+](=O)[O-])o1. The van der Waals surface area contributed by atoms with Gasteiger partial charge in [-0.2, -0.15) is 0 Å². The van der Waals surface area contributed by atoms with Gasteiger partial charge in [0.15, 0.2) is 5.76 Å². The van der Waals surface area contributed by atoms with E-state index in [0.29, 0.717) is 0 Å². The van der Waals surface area contributed by atoms with Gasteiger partial charge >= 0.3 is 11.9 Å². The first-order chi connectivity index (χ1) is 9.52. The molecule has 0 unspecified atom stereocenters. The molecule has 0 aliphatic carbocycles. The summed E-state index contributed by atoms with van der Waals surface area (Å²) in [5.74, 6) is -2.03. The third-order valence-corrected chi connectivity index (χ3v) is 3.17. The number of nitrogens with one attached hydrogen (secondary N) is 1. The molecule has 0 saturated carbocycles. The molecule has 0 aliphatic heterocycles. The summed E-state index contributed by atoms with van der Waals surface area (Å²) in [7, 11) is 1.23. The Balaban J connectivity index is 2.17. The molecule has 104 valence electrons. The van der Waals surface area contributed by atoms with Gasteiger partial charge in [-0.25, -0.2) is 4.79 Å². The Morgan fingerprint density at radius 3 is 2.75 bits per heavy atom. The smallest absolute Gasteiger partial charge is 0.433 e. The summed E-state index contributed by atoms with van der Waals surface area (Å²) in [6.45, 7) is 0. The van der Waals surface area contributed by atoms with E-state index in [1.807, 2.05) is 0 Å². The van der Waals surface area contributed by atoms with Crippen LogP contribution in [0, 0.1) is 10.1 Å². The summed E-state index contributed by atoms with van der Waals surface area (Å²) in [6, 6.07) is 3.77. The number of carbonyl (C=O) groups excluding carboxylic acids is 2. The van der Waals surface area contributed by atoms with Crippen LogP contribution < -0.4 is 5.32 Å². The Morgan fingerprint density at radius 1 is 1.40 bits per heavy atom. The minimum atomic E-state index is -0.749. The average Bonchev–Trinajstić information content (AvgIpc) is 3.06. The number of anilines is 1. The van der Waals surface area contributed by atoms with Gasteiger partial charge in [-0.05, 0) is 17.5 Å². The van der Waals surface area contributed by atoms with E-state index in [2.05, 4.69) is 10.1 Å². The van der Waals surface area contributed by atoms with Crippen molar-refractivity contribution in [2.24, 2.45) is 0 Å². The van der Waals surface area contributed by atoms with Gasteiger partial charge in [0.05, 0.1) is 18.9 Å². The van der Waals surface area contributed by atoms with Crippen LogP contribution >= 0.6 is 11.3 Å². The number of nitro groups is 1. The highest BCUT2D eigenvalue weighted by molar-refractivity contribution is 7.12. The zero-order valence-corrected chi connectivity index (χ0v) is 10.9. The number of methoxy groups -OCH3 is 1. The highest BCUT2D eigenvalue weighted by atomic mass is 32.1. The van der Waals surface area contributed by atoms with Gasteiger partial charge in [0.25, 0.3) is 5.91 Å². The number of esters is 1. The predicted molar refractivity (Wildman–Crippen MR) is 69.0 cm³/mol. The molecule has 0 spiro atoms. The summed E-state index contributed by atoms with van der Waals surface area (Å²) in [5.41, 5.74) is 0.255. The molecule has 0 atom stereocenters. The highest BCUT2D eigenvalue weighted by Gasteiger charge is 2.20. The van der Waals surface area contributed by atoms with Crippen LogP contribution in [0.5, 0.6) is 0 Å². The van der Waals surface area contributed by atoms with Crippen molar-refractivity contribution in [3.05, 3.63) is 44.3 Å². The van der Waals surface area contributed by atoms with Crippen LogP contribution in [-0.2, 0) is 4.74 Å². The van der Waals surface area contributed by atoms with Crippen LogP contribution in [0.4, 0.5) is 11.6 Å². The molecule has 2 heterocycles. The van der Waals surface area contributed by atoms with Gasteiger partial charge in [0.1, 0.15) is 9.80 Å². The first-order valence-electron chi connectivity index (χ1n) is 5.24. The second-order valence-electron chi connectivity index (χ2n) is 3.50. The highest BCUT2D eigenvalue weighted by Crippen LogP contribution is 2.24. The van der Waals surface area contributed by atoms with Gasteiger partial charge in [-0.15, -0.1) is 11.3 Å². The summed E-state index contributed by atoms with van der Waals surface area (Å²) in [6.07, 6.45) is 0. The molecular weight excluding hydrogens is 288 g/mol. The van der Waals surface area contributed by atoms with Crippen molar-refractivity contribution in [1.29, 1.82) is 0 Å². The fourth-order valence-electron chi connectivity index (χ4n) is 1.39. The number of carbonyl (C=O) groups is 2. The molecule has 1 N–H and O–H groups in total. The molecule has 2 rings (SSSR count). The Labute approximate surface area is 116 Å². The summed E-state index contributed by atoms with van der Waals surface area (Å²) >= 11 is 1.10. The quantitative estimate of drug-likeness (QED) is 0.526. The molecule has 0 radical (unpaired) electrons. The third-order valence-electron chi connectivity index (χ3n) is 2.28. The molecule has 0 fully saturated rings. The number of nitrogens with zero attached hydrogens (tertiary/aromatic N) is 1. The zero-order valence-electron chi connectivity index (χ0n) is 10.1. The molecule has 2 aromatic heterocycles. The van der Waals surface area contributed by atoms with Crippen molar-refractivity contribution in [1.82, 2.24) is 0 Å². The molecule has 0 saturated heterocycles. The van der Waals surface area contributed by atoms with E-state index in [4.69, 9.17) is 4.42 Å². The Morgan fingerprint density at radius 2 is 2.15 bits per heavy atom. The molecular formula is C11H8N2O6S. The first kappa shape index (κ1) is 13.7. The van der Waals surface area contributed by atoms with Gasteiger partial charge in [-0.1, -0.05) is 0 Å². The lowest BCUT2D eigenvalue weighted by Crippen LogP contribution is -2.13. The van der Waals surface area contributed by atoms with Crippen molar-refractivity contribution >= 4 is 34.8 Å². The van der Waals surface area contributed by atoms with Crippen LogP contribution in [0.2, 0.25) is 0 Å². The second-order valence-corrected chi connectivity index (χ2v) is 4.42. The van der Waals surface area contributed by atoms with Gasteiger partial charge < -0.3 is 14.5 Å². The predicted octanol–water partition coefficient (Wildman–Crippen LogP) is 2.29. The number of amides is 1. The number of rotatable bonds is 4. The summed E-state index contributed by atoms with van der Waals surface area (Å²) in [5, 5.41) is 14.5. The van der Waals surface area contributed by atoms with E-state index in [1.54, 1.807) is 5.38 Å². The fourth-order valence-corrected chi connectivity index (χ4v) is 2.16. The number of furan rings is 1. The lowest BCUT2D eigenvalue weighted by atomic mass is 10.3. The molecule has 0 bridgehead atoms. The van der Waals surface area contributed by atoms with E-state index in [-0.39, 0.29) is 16.3 Å². The lowest BCUT2D eigenvalue weighted by molar-refractivity contribution is -0.402. The largest absolute Gasteiger partial charge is 0.465 e. The minimum Gasteiger partial charge on any atom is -0.465 e. The maximum Gasteiger partial charge on any atom is 0.433 e. The fraction of sp³-hybridized carbons (Fsp3) is 0.0909. The van der Waals surface area contributed by atoms with E-state index in [9.17, 15) is 19.7 Å². The topological polar surface area (TPSA) is 112 Å². The lowest BCUT2D eigenvalue weighted by Gasteiger charge is -2.03. The minimum absolute atomic E-state index is 0.223. The average molecular weight is 296 g/mol. The number of thiophene rings is 1. The van der Waals surface area contributed by atoms with Gasteiger partial charge in [0, 0.05) is 0 Å². The van der Waals surface area contributed by atoms with Crippen molar-refractivity contribution < 1.29 is 23.7 Å². The number of hydrogen-bond acceptors (Lipinski definition) is 7. The van der Waals surface area contributed by atoms with E-state index >= 15 is 0 Å². The van der Waals surface area contributed by atoms with Gasteiger partial charge in [-0.3, -0.25) is 14.9 Å². The maximum atomic E-state index is 11.8. The van der Waals surface area contributed by atoms with E-state index < -0.39 is 22.7 Å². The van der Waals surface area contributed by atoms with Crippen LogP contribution in [0.3, 0.4) is 0 Å². The zero-order chi connectivity index (χ0) is 14.7. The van der Waals surface area contributed by atoms with Crippen molar-refractivity contribution in [2.75, 3.05) is 12.4 Å². The molecule has 9 heteroatoms. The van der Waals surface area contributed by atoms with Crippen LogP contribution in [-0.4, -0.2) is 23.9 Å². The van der Waals surface area contributed by atoms with Crippen LogP contribution in [0.15, 0.2) is 28.0 Å². The van der Waals surface area contributed by atoms with Crippen molar-refractivity contribution in [3.63, 3.8) is 0 Å². The number of ether oxygens (including phenoxy) is 1. The Kier molecular flexibility index (Phi) is 3.80. The maximum absolute atomic E-state index is 11.8. The van der Waals surface area contributed by atoms with Gasteiger partial charge in [0.2, 0.25) is 0 Å². The third kappa shape index (κ3) is 2.67. The molecule has 0 aliphatic rings. The second kappa shape index (κ2) is 5.53. The molecule has 2 aromatic rings. The van der Waals surface area contributed by atoms with E-state index in [1.165, 1.54) is 19.2 Å². The monoisotopic (exact) mass is 296 g/mol. The van der Waals surface area contributed by atoms with Crippen molar-refractivity contribution in [2.45, 2.75) is 0 Å². The number of hydrogen-bond donors (Lipinski definition) is 1. The Bertz CT molecular complexity index is 674. The van der Waals surface area contributed by atoms with Crippen LogP contribution in [0.1, 0.15) is 20.2 Å². The molecule has 0 aromatic carbocycles. The molecule has 8 nitrogen and oxygen atoms in total. The molecule has 20 heavy (non-hydrogen) atoms. The summed E-state index contributed by atoms with van der Waals surface area (Å²) < 4.78 is 9.32. The molecule has 1 amide bonds. The van der Waals surface area contributed by atoms with E-state index in [0.717, 1.165) is 17.4 Å². The first-order valence-corrected chi connectivity index (χ1v) is 6.12. The normalized spacial score (nSPS) is 10.1.